The zero-order valence-corrected chi connectivity index (χ0v) is 18.2. The smallest absolute Gasteiger partial charge is 0.191 e. The standard InChI is InChI=1S/C22H37N3O4/c1-4-23-22(24-9-5-10-27-13-12-26-3)25-15-20-7-6-18(2)14-21(20)29-17-19-8-11-28-16-19/h6-7,14,19H,4-5,8-13,15-17H2,1-3H3,(H2,23,24,25). The Labute approximate surface area is 175 Å². The van der Waals surface area contributed by atoms with Crippen LogP contribution in [-0.2, 0) is 20.8 Å². The summed E-state index contributed by atoms with van der Waals surface area (Å²) in [7, 11) is 1.68. The van der Waals surface area contributed by atoms with Crippen molar-refractivity contribution in [1.82, 2.24) is 10.6 Å². The first-order chi connectivity index (χ1) is 14.2. The Morgan fingerprint density at radius 3 is 2.90 bits per heavy atom. The van der Waals surface area contributed by atoms with Crippen molar-refractivity contribution in [2.24, 2.45) is 10.9 Å². The number of aryl methyl sites for hydroxylation is 1. The number of guanidine groups is 1. The highest BCUT2D eigenvalue weighted by Crippen LogP contribution is 2.23. The zero-order chi connectivity index (χ0) is 20.7. The molecule has 7 nitrogen and oxygen atoms in total. The number of rotatable bonds is 13. The van der Waals surface area contributed by atoms with E-state index < -0.39 is 0 Å². The van der Waals surface area contributed by atoms with E-state index in [1.54, 1.807) is 7.11 Å². The lowest BCUT2D eigenvalue weighted by molar-refractivity contribution is 0.0698. The van der Waals surface area contributed by atoms with Gasteiger partial charge < -0.3 is 29.6 Å². The van der Waals surface area contributed by atoms with Crippen LogP contribution in [-0.4, -0.2) is 65.8 Å². The van der Waals surface area contributed by atoms with Crippen LogP contribution in [0, 0.1) is 12.8 Å². The van der Waals surface area contributed by atoms with Gasteiger partial charge in [-0.2, -0.15) is 0 Å². The molecular formula is C22H37N3O4. The molecule has 0 amide bonds. The summed E-state index contributed by atoms with van der Waals surface area (Å²) >= 11 is 0. The number of hydrogen-bond acceptors (Lipinski definition) is 5. The molecule has 0 radical (unpaired) electrons. The van der Waals surface area contributed by atoms with Crippen molar-refractivity contribution in [2.75, 3.05) is 59.8 Å². The summed E-state index contributed by atoms with van der Waals surface area (Å²) < 4.78 is 22.0. The van der Waals surface area contributed by atoms with E-state index in [0.29, 0.717) is 38.9 Å². The average molecular weight is 408 g/mol. The third-order valence-corrected chi connectivity index (χ3v) is 4.66. The fraction of sp³-hybridized carbons (Fsp3) is 0.682. The molecule has 29 heavy (non-hydrogen) atoms. The first-order valence-electron chi connectivity index (χ1n) is 10.6. The Hall–Kier alpha value is -1.83. The van der Waals surface area contributed by atoms with Gasteiger partial charge >= 0.3 is 0 Å². The quantitative estimate of drug-likeness (QED) is 0.297. The maximum absolute atomic E-state index is 6.12. The van der Waals surface area contributed by atoms with Gasteiger partial charge in [0.15, 0.2) is 5.96 Å². The van der Waals surface area contributed by atoms with Crippen LogP contribution in [0.2, 0.25) is 0 Å². The highest BCUT2D eigenvalue weighted by atomic mass is 16.5. The van der Waals surface area contributed by atoms with Gasteiger partial charge in [-0.1, -0.05) is 12.1 Å². The molecule has 0 aromatic heterocycles. The van der Waals surface area contributed by atoms with Gasteiger partial charge in [0, 0.05) is 44.9 Å². The summed E-state index contributed by atoms with van der Waals surface area (Å²) in [5.74, 6) is 2.21. The van der Waals surface area contributed by atoms with Gasteiger partial charge in [0.2, 0.25) is 0 Å². The maximum atomic E-state index is 6.12. The van der Waals surface area contributed by atoms with Crippen molar-refractivity contribution in [3.05, 3.63) is 29.3 Å². The first kappa shape index (κ1) is 23.4. The summed E-state index contributed by atoms with van der Waals surface area (Å²) in [5, 5.41) is 6.65. The molecule has 0 aliphatic carbocycles. The second-order valence-electron chi connectivity index (χ2n) is 7.23. The molecule has 2 N–H and O–H groups in total. The first-order valence-corrected chi connectivity index (χ1v) is 10.6. The summed E-state index contributed by atoms with van der Waals surface area (Å²) in [6.07, 6.45) is 1.99. The van der Waals surface area contributed by atoms with E-state index >= 15 is 0 Å². The molecule has 1 aliphatic heterocycles. The van der Waals surface area contributed by atoms with Crippen LogP contribution in [0.3, 0.4) is 0 Å². The van der Waals surface area contributed by atoms with Gasteiger partial charge in [0.05, 0.1) is 33.0 Å². The molecule has 0 saturated carbocycles. The monoisotopic (exact) mass is 407 g/mol. The number of methoxy groups -OCH3 is 1. The van der Waals surface area contributed by atoms with Crippen LogP contribution in [0.5, 0.6) is 5.75 Å². The molecule has 1 fully saturated rings. The number of hydrogen-bond donors (Lipinski definition) is 2. The molecule has 1 unspecified atom stereocenters. The third kappa shape index (κ3) is 9.47. The highest BCUT2D eigenvalue weighted by molar-refractivity contribution is 5.79. The van der Waals surface area contributed by atoms with Gasteiger partial charge in [-0.15, -0.1) is 0 Å². The van der Waals surface area contributed by atoms with Crippen molar-refractivity contribution < 1.29 is 18.9 Å². The summed E-state index contributed by atoms with van der Waals surface area (Å²) in [5.41, 5.74) is 2.28. The second kappa shape index (κ2) is 14.2. The largest absolute Gasteiger partial charge is 0.493 e. The molecule has 7 heteroatoms. The molecule has 0 spiro atoms. The molecule has 164 valence electrons. The fourth-order valence-electron chi connectivity index (χ4n) is 2.98. The molecule has 1 heterocycles. The van der Waals surface area contributed by atoms with Crippen molar-refractivity contribution in [3.8, 4) is 5.75 Å². The number of nitrogens with zero attached hydrogens (tertiary/aromatic N) is 1. The maximum Gasteiger partial charge on any atom is 0.191 e. The van der Waals surface area contributed by atoms with E-state index in [9.17, 15) is 0 Å². The van der Waals surface area contributed by atoms with Crippen LogP contribution >= 0.6 is 0 Å². The van der Waals surface area contributed by atoms with Crippen LogP contribution in [0.25, 0.3) is 0 Å². The predicted octanol–water partition coefficient (Wildman–Crippen LogP) is 2.52. The lowest BCUT2D eigenvalue weighted by atomic mass is 10.1. The topological polar surface area (TPSA) is 73.3 Å². The molecule has 1 aliphatic rings. The molecular weight excluding hydrogens is 370 g/mol. The van der Waals surface area contributed by atoms with E-state index in [-0.39, 0.29) is 0 Å². The Morgan fingerprint density at radius 1 is 1.24 bits per heavy atom. The van der Waals surface area contributed by atoms with E-state index in [2.05, 4.69) is 42.7 Å². The highest BCUT2D eigenvalue weighted by Gasteiger charge is 2.17. The molecule has 2 rings (SSSR count). The Bertz CT molecular complexity index is 604. The van der Waals surface area contributed by atoms with Crippen molar-refractivity contribution in [3.63, 3.8) is 0 Å². The second-order valence-corrected chi connectivity index (χ2v) is 7.23. The molecule has 1 saturated heterocycles. The van der Waals surface area contributed by atoms with Gasteiger partial charge in [-0.25, -0.2) is 4.99 Å². The van der Waals surface area contributed by atoms with Crippen LogP contribution in [0.4, 0.5) is 0 Å². The Balaban J connectivity index is 1.84. The molecule has 1 aromatic rings. The minimum absolute atomic E-state index is 0.483. The van der Waals surface area contributed by atoms with Crippen molar-refractivity contribution >= 4 is 5.96 Å². The predicted molar refractivity (Wildman–Crippen MR) is 116 cm³/mol. The van der Waals surface area contributed by atoms with E-state index in [0.717, 1.165) is 56.4 Å². The van der Waals surface area contributed by atoms with E-state index in [1.807, 2.05) is 0 Å². The molecule has 1 atom stereocenters. The normalized spacial score (nSPS) is 16.8. The van der Waals surface area contributed by atoms with Crippen molar-refractivity contribution in [1.29, 1.82) is 0 Å². The fourth-order valence-corrected chi connectivity index (χ4v) is 2.98. The van der Waals surface area contributed by atoms with Crippen molar-refractivity contribution in [2.45, 2.75) is 33.2 Å². The summed E-state index contributed by atoms with van der Waals surface area (Å²) in [4.78, 5) is 4.73. The number of aliphatic imine (C=N–C) groups is 1. The number of benzene rings is 1. The van der Waals surface area contributed by atoms with E-state index in [1.165, 1.54) is 5.56 Å². The third-order valence-electron chi connectivity index (χ3n) is 4.66. The number of ether oxygens (including phenoxy) is 4. The molecule has 1 aromatic carbocycles. The average Bonchev–Trinajstić information content (AvgIpc) is 3.24. The van der Waals surface area contributed by atoms with Gasteiger partial charge in [0.25, 0.3) is 0 Å². The number of nitrogens with one attached hydrogen (secondary N) is 2. The van der Waals surface area contributed by atoms with Crippen LogP contribution < -0.4 is 15.4 Å². The summed E-state index contributed by atoms with van der Waals surface area (Å²) in [6, 6.07) is 6.30. The van der Waals surface area contributed by atoms with Gasteiger partial charge in [0.1, 0.15) is 5.75 Å². The molecule has 0 bridgehead atoms. The van der Waals surface area contributed by atoms with Crippen LogP contribution in [0.15, 0.2) is 23.2 Å². The minimum atomic E-state index is 0.483. The van der Waals surface area contributed by atoms with Crippen LogP contribution in [0.1, 0.15) is 30.9 Å². The minimum Gasteiger partial charge on any atom is -0.493 e. The van der Waals surface area contributed by atoms with E-state index in [4.69, 9.17) is 23.9 Å². The Morgan fingerprint density at radius 2 is 2.14 bits per heavy atom. The SMILES string of the molecule is CCNC(=NCc1ccc(C)cc1OCC1CCOC1)NCCCOCCOC. The lowest BCUT2D eigenvalue weighted by Gasteiger charge is -2.15. The summed E-state index contributed by atoms with van der Waals surface area (Å²) in [6.45, 7) is 10.6. The lowest BCUT2D eigenvalue weighted by Crippen LogP contribution is -2.38. The van der Waals surface area contributed by atoms with Gasteiger partial charge in [-0.3, -0.25) is 0 Å². The van der Waals surface area contributed by atoms with Gasteiger partial charge in [-0.05, 0) is 38.3 Å². The zero-order valence-electron chi connectivity index (χ0n) is 18.2. The Kier molecular flexibility index (Phi) is 11.5.